The third-order valence-electron chi connectivity index (χ3n) is 4.46. The maximum Gasteiger partial charge on any atom is 0.255 e. The molecule has 28 heavy (non-hydrogen) atoms. The molecule has 0 fully saturated rings. The van der Waals surface area contributed by atoms with Crippen molar-refractivity contribution >= 4 is 28.0 Å². The Hall–Kier alpha value is -3.29. The van der Waals surface area contributed by atoms with Crippen LogP contribution in [0.4, 0.5) is 4.39 Å². The first-order chi connectivity index (χ1) is 13.2. The number of aromatic nitrogens is 5. The molecular weight excluding hydrogens is 359 g/mol. The van der Waals surface area contributed by atoms with E-state index in [9.17, 15) is 9.18 Å². The molecule has 3 heterocycles. The minimum Gasteiger partial charge on any atom is -0.351 e. The van der Waals surface area contributed by atoms with Gasteiger partial charge in [0, 0.05) is 25.2 Å². The van der Waals surface area contributed by atoms with Crippen LogP contribution in [0, 0.1) is 11.2 Å². The first-order valence-electron chi connectivity index (χ1n) is 8.98. The Kier molecular flexibility index (Phi) is 4.14. The number of nitrogens with one attached hydrogen (secondary N) is 2. The van der Waals surface area contributed by atoms with Gasteiger partial charge in [0.05, 0.1) is 17.3 Å². The van der Waals surface area contributed by atoms with Gasteiger partial charge in [-0.3, -0.25) is 9.48 Å². The summed E-state index contributed by atoms with van der Waals surface area (Å²) in [5, 5.41) is 8.17. The Bertz CT molecular complexity index is 1200. The van der Waals surface area contributed by atoms with E-state index in [0.717, 1.165) is 5.39 Å². The average molecular weight is 380 g/mol. The maximum atomic E-state index is 13.6. The maximum absolute atomic E-state index is 13.6. The molecule has 0 radical (unpaired) electrons. The summed E-state index contributed by atoms with van der Waals surface area (Å²) < 4.78 is 15.2. The molecule has 0 aliphatic heterocycles. The van der Waals surface area contributed by atoms with Crippen molar-refractivity contribution in [2.75, 3.05) is 6.54 Å². The van der Waals surface area contributed by atoms with Gasteiger partial charge in [-0.15, -0.1) is 0 Å². The van der Waals surface area contributed by atoms with Crippen LogP contribution in [0.15, 0.2) is 30.6 Å². The summed E-state index contributed by atoms with van der Waals surface area (Å²) in [6.07, 6.45) is 3.21. The van der Waals surface area contributed by atoms with Gasteiger partial charge < -0.3 is 10.3 Å². The SMILES string of the molecule is Cn1nc(-c2cnc3[nH]cc(C(=O)NCC(C)(C)C)c3n2)c2ccc(F)cc21. The Morgan fingerprint density at radius 1 is 1.32 bits per heavy atom. The van der Waals surface area contributed by atoms with Crippen molar-refractivity contribution in [3.63, 3.8) is 0 Å². The second-order valence-electron chi connectivity index (χ2n) is 8.03. The highest BCUT2D eigenvalue weighted by Crippen LogP contribution is 2.28. The predicted octanol–water partition coefficient (Wildman–Crippen LogP) is 3.43. The van der Waals surface area contributed by atoms with Gasteiger partial charge in [0.2, 0.25) is 0 Å². The summed E-state index contributed by atoms with van der Waals surface area (Å²) in [4.78, 5) is 24.6. The van der Waals surface area contributed by atoms with E-state index in [4.69, 9.17) is 0 Å². The van der Waals surface area contributed by atoms with Crippen molar-refractivity contribution < 1.29 is 9.18 Å². The number of hydrogen-bond donors (Lipinski definition) is 2. The van der Waals surface area contributed by atoms with Gasteiger partial charge in [0.1, 0.15) is 22.7 Å². The number of carbonyl (C=O) groups excluding carboxylic acids is 1. The number of H-pyrrole nitrogens is 1. The highest BCUT2D eigenvalue weighted by molar-refractivity contribution is 6.05. The van der Waals surface area contributed by atoms with Crippen LogP contribution in [-0.4, -0.2) is 37.2 Å². The Morgan fingerprint density at radius 2 is 2.11 bits per heavy atom. The van der Waals surface area contributed by atoms with Crippen molar-refractivity contribution in [3.8, 4) is 11.4 Å². The molecule has 0 saturated carbocycles. The van der Waals surface area contributed by atoms with E-state index in [1.165, 1.54) is 12.1 Å². The quantitative estimate of drug-likeness (QED) is 0.570. The summed E-state index contributed by atoms with van der Waals surface area (Å²) in [5.74, 6) is -0.535. The molecule has 0 atom stereocenters. The highest BCUT2D eigenvalue weighted by Gasteiger charge is 2.19. The zero-order valence-corrected chi connectivity index (χ0v) is 16.2. The van der Waals surface area contributed by atoms with Crippen LogP contribution < -0.4 is 5.32 Å². The van der Waals surface area contributed by atoms with Gasteiger partial charge in [-0.25, -0.2) is 14.4 Å². The van der Waals surface area contributed by atoms with E-state index in [2.05, 4.69) is 46.1 Å². The number of rotatable bonds is 3. The lowest BCUT2D eigenvalue weighted by Crippen LogP contribution is -2.32. The van der Waals surface area contributed by atoms with Crippen molar-refractivity contribution in [1.82, 2.24) is 30.0 Å². The predicted molar refractivity (Wildman–Crippen MR) is 105 cm³/mol. The fourth-order valence-corrected chi connectivity index (χ4v) is 3.04. The highest BCUT2D eigenvalue weighted by atomic mass is 19.1. The fraction of sp³-hybridized carbons (Fsp3) is 0.300. The van der Waals surface area contributed by atoms with Crippen LogP contribution >= 0.6 is 0 Å². The Balaban J connectivity index is 1.77. The van der Waals surface area contributed by atoms with E-state index < -0.39 is 0 Å². The number of aryl methyl sites for hydroxylation is 1. The standard InChI is InChI=1S/C20H21FN6O/c1-20(2,3)10-24-19(28)13-8-22-18-17(13)25-14(9-23-18)16-12-6-5-11(21)7-15(12)27(4)26-16/h5-9H,10H2,1-4H3,(H,22,23)(H,24,28). The third kappa shape index (κ3) is 3.21. The molecule has 0 unspecified atom stereocenters. The molecule has 2 N–H and O–H groups in total. The van der Waals surface area contributed by atoms with Crippen molar-refractivity contribution in [3.05, 3.63) is 42.0 Å². The van der Waals surface area contributed by atoms with Gasteiger partial charge in [-0.2, -0.15) is 5.10 Å². The Labute approximate surface area is 161 Å². The first kappa shape index (κ1) is 18.1. The van der Waals surface area contributed by atoms with E-state index in [1.54, 1.807) is 30.2 Å². The smallest absolute Gasteiger partial charge is 0.255 e. The summed E-state index contributed by atoms with van der Waals surface area (Å²) >= 11 is 0. The van der Waals surface area contributed by atoms with Gasteiger partial charge >= 0.3 is 0 Å². The van der Waals surface area contributed by atoms with Gasteiger partial charge in [-0.05, 0) is 23.6 Å². The number of carbonyl (C=O) groups is 1. The molecule has 0 aliphatic carbocycles. The van der Waals surface area contributed by atoms with Crippen molar-refractivity contribution in [2.24, 2.45) is 12.5 Å². The molecule has 144 valence electrons. The molecule has 3 aromatic heterocycles. The lowest BCUT2D eigenvalue weighted by Gasteiger charge is -2.18. The fourth-order valence-electron chi connectivity index (χ4n) is 3.04. The minimum atomic E-state index is -0.327. The summed E-state index contributed by atoms with van der Waals surface area (Å²) in [6, 6.07) is 4.49. The largest absolute Gasteiger partial charge is 0.351 e. The zero-order valence-electron chi connectivity index (χ0n) is 16.2. The third-order valence-corrected chi connectivity index (χ3v) is 4.46. The molecule has 0 aliphatic rings. The number of nitrogens with zero attached hydrogens (tertiary/aromatic N) is 4. The molecule has 0 bridgehead atoms. The molecule has 1 aromatic carbocycles. The van der Waals surface area contributed by atoms with Crippen LogP contribution in [-0.2, 0) is 7.05 Å². The van der Waals surface area contributed by atoms with Crippen LogP contribution in [0.2, 0.25) is 0 Å². The van der Waals surface area contributed by atoms with Crippen molar-refractivity contribution in [1.29, 1.82) is 0 Å². The summed E-state index contributed by atoms with van der Waals surface area (Å²) in [7, 11) is 1.75. The molecule has 4 rings (SSSR count). The van der Waals surface area contributed by atoms with E-state index in [0.29, 0.717) is 40.2 Å². The number of halogens is 1. The van der Waals surface area contributed by atoms with E-state index in [1.807, 2.05) is 0 Å². The monoisotopic (exact) mass is 380 g/mol. The first-order valence-corrected chi connectivity index (χ1v) is 8.98. The molecular formula is C20H21FN6O. The summed E-state index contributed by atoms with van der Waals surface area (Å²) in [6.45, 7) is 6.70. The molecule has 0 spiro atoms. The van der Waals surface area contributed by atoms with Gasteiger partial charge in [0.15, 0.2) is 5.65 Å². The lowest BCUT2D eigenvalue weighted by molar-refractivity contribution is 0.0941. The Morgan fingerprint density at radius 3 is 2.86 bits per heavy atom. The second-order valence-corrected chi connectivity index (χ2v) is 8.03. The molecule has 4 aromatic rings. The van der Waals surface area contributed by atoms with E-state index >= 15 is 0 Å². The number of benzene rings is 1. The number of hydrogen-bond acceptors (Lipinski definition) is 4. The minimum absolute atomic E-state index is 0.0270. The van der Waals surface area contributed by atoms with Crippen LogP contribution in [0.1, 0.15) is 31.1 Å². The van der Waals surface area contributed by atoms with Gasteiger partial charge in [-0.1, -0.05) is 20.8 Å². The topological polar surface area (TPSA) is 88.5 Å². The van der Waals surface area contributed by atoms with Crippen LogP contribution in [0.5, 0.6) is 0 Å². The lowest BCUT2D eigenvalue weighted by atomic mass is 9.97. The van der Waals surface area contributed by atoms with Crippen molar-refractivity contribution in [2.45, 2.75) is 20.8 Å². The van der Waals surface area contributed by atoms with Gasteiger partial charge in [0.25, 0.3) is 5.91 Å². The zero-order chi connectivity index (χ0) is 20.1. The van der Waals surface area contributed by atoms with Crippen LogP contribution in [0.3, 0.4) is 0 Å². The average Bonchev–Trinajstić information content (AvgIpc) is 3.20. The molecule has 0 saturated heterocycles. The normalized spacial score (nSPS) is 12.0. The number of fused-ring (bicyclic) bond motifs is 2. The summed E-state index contributed by atoms with van der Waals surface area (Å²) in [5.41, 5.74) is 3.18. The van der Waals surface area contributed by atoms with E-state index in [-0.39, 0.29) is 17.1 Å². The molecule has 7 nitrogen and oxygen atoms in total. The molecule has 8 heteroatoms. The number of aromatic amines is 1. The second kappa shape index (κ2) is 6.40. The molecule has 1 amide bonds. The van der Waals surface area contributed by atoms with Crippen LogP contribution in [0.25, 0.3) is 33.5 Å². The number of amides is 1.